The van der Waals surface area contributed by atoms with Gasteiger partial charge in [-0.3, -0.25) is 14.2 Å². The number of amides is 1. The van der Waals surface area contributed by atoms with Crippen molar-refractivity contribution in [2.24, 2.45) is 5.92 Å². The molecule has 0 saturated heterocycles. The van der Waals surface area contributed by atoms with Crippen molar-refractivity contribution in [2.75, 3.05) is 13.1 Å². The first kappa shape index (κ1) is 22.6. The Morgan fingerprint density at radius 2 is 2.06 bits per heavy atom. The second-order valence-electron chi connectivity index (χ2n) is 8.39. The monoisotopic (exact) mass is 490 g/mol. The maximum Gasteiger partial charge on any atom is 0.420 e. The molecule has 1 fully saturated rings. The van der Waals surface area contributed by atoms with Crippen molar-refractivity contribution in [2.45, 2.75) is 25.4 Å². The van der Waals surface area contributed by atoms with E-state index in [0.717, 1.165) is 23.3 Å². The number of allylic oxidation sites excluding steroid dienone is 1. The maximum absolute atomic E-state index is 14.0. The zero-order chi connectivity index (χ0) is 24.0. The minimum atomic E-state index is -4.67. The summed E-state index contributed by atoms with van der Waals surface area (Å²) >= 11 is 6.37. The van der Waals surface area contributed by atoms with Crippen molar-refractivity contribution in [3.63, 3.8) is 0 Å². The van der Waals surface area contributed by atoms with Gasteiger partial charge in [0, 0.05) is 25.5 Å². The van der Waals surface area contributed by atoms with Crippen molar-refractivity contribution in [1.82, 2.24) is 19.3 Å². The number of hydrogen-bond acceptors (Lipinski definition) is 3. The summed E-state index contributed by atoms with van der Waals surface area (Å²) in [5.41, 5.74) is -0.424. The molecule has 0 aromatic carbocycles. The number of hydrogen-bond donors (Lipinski definition) is 0. The Bertz CT molecular complexity index is 1340. The summed E-state index contributed by atoms with van der Waals surface area (Å²) in [5.74, 6) is -0.658. The third-order valence-electron chi connectivity index (χ3n) is 5.93. The van der Waals surface area contributed by atoms with Crippen LogP contribution in [0.1, 0.15) is 46.6 Å². The fraction of sp³-hybridized carbons (Fsp3) is 0.292. The van der Waals surface area contributed by atoms with Crippen molar-refractivity contribution < 1.29 is 22.4 Å². The molecular weight excluding hydrogens is 472 g/mol. The molecule has 10 heteroatoms. The minimum Gasteiger partial charge on any atom is -0.333 e. The summed E-state index contributed by atoms with van der Waals surface area (Å²) in [6, 6.07) is 3.82. The zero-order valence-electron chi connectivity index (χ0n) is 17.8. The quantitative estimate of drug-likeness (QED) is 0.428. The number of alkyl halides is 3. The van der Waals surface area contributed by atoms with E-state index in [0.29, 0.717) is 23.5 Å². The first-order valence-electron chi connectivity index (χ1n) is 10.8. The van der Waals surface area contributed by atoms with Crippen LogP contribution in [0, 0.1) is 11.7 Å². The lowest BCUT2D eigenvalue weighted by atomic mass is 10.0. The van der Waals surface area contributed by atoms with Crippen LogP contribution in [0.25, 0.3) is 17.3 Å². The maximum atomic E-state index is 14.0. The molecule has 0 radical (unpaired) electrons. The summed E-state index contributed by atoms with van der Waals surface area (Å²) in [7, 11) is 0. The van der Waals surface area contributed by atoms with Crippen molar-refractivity contribution in [3.05, 3.63) is 76.2 Å². The topological polar surface area (TPSA) is 50.5 Å². The van der Waals surface area contributed by atoms with Crippen LogP contribution in [0.5, 0.6) is 0 Å². The highest BCUT2D eigenvalue weighted by Crippen LogP contribution is 2.36. The van der Waals surface area contributed by atoms with Crippen LogP contribution in [0.3, 0.4) is 0 Å². The molecule has 5 rings (SSSR count). The van der Waals surface area contributed by atoms with E-state index in [1.165, 1.54) is 29.4 Å². The molecule has 1 saturated carbocycles. The molecule has 1 amide bonds. The van der Waals surface area contributed by atoms with E-state index in [4.69, 9.17) is 11.6 Å². The number of nitrogens with zero attached hydrogens (tertiary/aromatic N) is 4. The number of carbonyl (C=O) groups is 1. The Kier molecular flexibility index (Phi) is 5.67. The minimum absolute atomic E-state index is 0.135. The molecule has 4 heterocycles. The summed E-state index contributed by atoms with van der Waals surface area (Å²) in [4.78, 5) is 22.6. The predicted molar refractivity (Wildman–Crippen MR) is 120 cm³/mol. The van der Waals surface area contributed by atoms with E-state index in [1.54, 1.807) is 12.2 Å². The van der Waals surface area contributed by atoms with Gasteiger partial charge in [0.2, 0.25) is 0 Å². The third kappa shape index (κ3) is 4.32. The molecule has 0 atom stereocenters. The second kappa shape index (κ2) is 8.54. The standard InChI is InChI=1S/C24H19ClF4N4O/c25-21-20(23(34)32-10-7-16(8-11-32)19-18(26)2-1-9-30-19)31-22-17(24(27,28)29)12-15(13-33(21)22)6-5-14-3-4-14/h1-2,5-7,9,12-14H,3-4,8,10-11H2/b6-5+. The van der Waals surface area contributed by atoms with Gasteiger partial charge in [-0.25, -0.2) is 9.37 Å². The average Bonchev–Trinajstić information content (AvgIpc) is 3.59. The largest absolute Gasteiger partial charge is 0.420 e. The van der Waals surface area contributed by atoms with Gasteiger partial charge in [0.05, 0.1) is 5.56 Å². The molecule has 0 bridgehead atoms. The molecule has 3 aromatic rings. The van der Waals surface area contributed by atoms with Gasteiger partial charge in [-0.2, -0.15) is 13.2 Å². The van der Waals surface area contributed by atoms with Crippen molar-refractivity contribution in [3.8, 4) is 0 Å². The second-order valence-corrected chi connectivity index (χ2v) is 8.75. The van der Waals surface area contributed by atoms with Gasteiger partial charge in [0.15, 0.2) is 11.3 Å². The Morgan fingerprint density at radius 3 is 2.71 bits per heavy atom. The Balaban J connectivity index is 1.47. The van der Waals surface area contributed by atoms with Gasteiger partial charge < -0.3 is 4.90 Å². The molecule has 3 aromatic heterocycles. The third-order valence-corrected chi connectivity index (χ3v) is 6.29. The zero-order valence-corrected chi connectivity index (χ0v) is 18.6. The van der Waals surface area contributed by atoms with Gasteiger partial charge in [0.1, 0.15) is 16.7 Å². The number of rotatable bonds is 4. The van der Waals surface area contributed by atoms with Crippen LogP contribution >= 0.6 is 11.6 Å². The highest BCUT2D eigenvalue weighted by atomic mass is 35.5. The Labute approximate surface area is 197 Å². The van der Waals surface area contributed by atoms with Crippen molar-refractivity contribution in [1.29, 1.82) is 0 Å². The van der Waals surface area contributed by atoms with Gasteiger partial charge in [0.25, 0.3) is 5.91 Å². The smallest absolute Gasteiger partial charge is 0.333 e. The van der Waals surface area contributed by atoms with Crippen LogP contribution in [0.2, 0.25) is 5.15 Å². The first-order valence-corrected chi connectivity index (χ1v) is 11.2. The van der Waals surface area contributed by atoms with Crippen LogP contribution in [-0.2, 0) is 6.18 Å². The Hall–Kier alpha value is -3.20. The number of aromatic nitrogens is 3. The fourth-order valence-electron chi connectivity index (χ4n) is 3.95. The van der Waals surface area contributed by atoms with Gasteiger partial charge >= 0.3 is 6.18 Å². The normalized spacial score (nSPS) is 17.0. The molecular formula is C24H19ClF4N4O. The van der Waals surface area contributed by atoms with Crippen LogP contribution in [0.15, 0.2) is 42.7 Å². The van der Waals surface area contributed by atoms with Gasteiger partial charge in [-0.05, 0) is 54.5 Å². The molecule has 0 spiro atoms. The van der Waals surface area contributed by atoms with E-state index in [9.17, 15) is 22.4 Å². The summed E-state index contributed by atoms with van der Waals surface area (Å²) in [6.45, 7) is 0.363. The molecule has 1 aliphatic heterocycles. The lowest BCUT2D eigenvalue weighted by Crippen LogP contribution is -2.35. The average molecular weight is 491 g/mol. The molecule has 1 aliphatic carbocycles. The van der Waals surface area contributed by atoms with Crippen LogP contribution in [0.4, 0.5) is 17.6 Å². The summed E-state index contributed by atoms with van der Waals surface area (Å²) < 4.78 is 56.5. The van der Waals surface area contributed by atoms with E-state index in [2.05, 4.69) is 9.97 Å². The fourth-order valence-corrected chi connectivity index (χ4v) is 4.20. The molecule has 0 unspecified atom stereocenters. The molecule has 34 heavy (non-hydrogen) atoms. The highest BCUT2D eigenvalue weighted by molar-refractivity contribution is 6.33. The van der Waals surface area contributed by atoms with E-state index >= 15 is 0 Å². The first-order chi connectivity index (χ1) is 16.2. The van der Waals surface area contributed by atoms with Gasteiger partial charge in [-0.1, -0.05) is 29.8 Å². The van der Waals surface area contributed by atoms with E-state index in [-0.39, 0.29) is 29.6 Å². The lowest BCUT2D eigenvalue weighted by Gasteiger charge is -2.25. The van der Waals surface area contributed by atoms with Gasteiger partial charge in [-0.15, -0.1) is 0 Å². The number of fused-ring (bicyclic) bond motifs is 1. The number of pyridine rings is 2. The summed E-state index contributed by atoms with van der Waals surface area (Å²) in [6.07, 6.45) is 5.84. The Morgan fingerprint density at radius 1 is 1.26 bits per heavy atom. The lowest BCUT2D eigenvalue weighted by molar-refractivity contribution is -0.136. The SMILES string of the molecule is O=C(c1nc2c(C(F)(F)F)cc(/C=C/C3CC3)cn2c1Cl)N1CC=C(c2ncccc2F)CC1. The number of imidazole rings is 1. The number of halogens is 5. The molecule has 0 N–H and O–H groups in total. The number of carbonyl (C=O) groups excluding carboxylic acids is 1. The van der Waals surface area contributed by atoms with Crippen LogP contribution < -0.4 is 0 Å². The molecule has 176 valence electrons. The van der Waals surface area contributed by atoms with Crippen LogP contribution in [-0.4, -0.2) is 38.3 Å². The van der Waals surface area contributed by atoms with Crippen molar-refractivity contribution >= 4 is 34.8 Å². The van der Waals surface area contributed by atoms with E-state index < -0.39 is 29.1 Å². The van der Waals surface area contributed by atoms with E-state index in [1.807, 2.05) is 6.08 Å². The summed E-state index contributed by atoms with van der Waals surface area (Å²) in [5, 5.41) is -0.183. The predicted octanol–water partition coefficient (Wildman–Crippen LogP) is 5.89. The molecule has 5 nitrogen and oxygen atoms in total. The highest BCUT2D eigenvalue weighted by Gasteiger charge is 2.36. The molecule has 2 aliphatic rings.